The maximum absolute atomic E-state index is 12.1. The Labute approximate surface area is 144 Å². The van der Waals surface area contributed by atoms with Crippen molar-refractivity contribution in [1.82, 2.24) is 5.32 Å². The molecule has 0 radical (unpaired) electrons. The SMILES string of the molecule is CNC(=O)Cc1ccc(NC(=O)Cc2ccc(OC(F)F)cc2)cc1. The lowest BCUT2D eigenvalue weighted by Gasteiger charge is -2.08. The van der Waals surface area contributed by atoms with Crippen LogP contribution in [-0.2, 0) is 22.4 Å². The molecule has 132 valence electrons. The standard InChI is InChI=1S/C18H18F2N2O3/c1-21-16(23)10-12-2-6-14(7-3-12)22-17(24)11-13-4-8-15(9-5-13)25-18(19)20/h2-9,18H,10-11H2,1H3,(H,21,23)(H,22,24). The number of halogens is 2. The van der Waals surface area contributed by atoms with Gasteiger partial charge in [-0.05, 0) is 35.4 Å². The minimum Gasteiger partial charge on any atom is -0.435 e. The van der Waals surface area contributed by atoms with E-state index in [-0.39, 0.29) is 30.4 Å². The smallest absolute Gasteiger partial charge is 0.387 e. The van der Waals surface area contributed by atoms with Gasteiger partial charge in [0.1, 0.15) is 5.75 Å². The first-order valence-electron chi connectivity index (χ1n) is 7.59. The van der Waals surface area contributed by atoms with Crippen LogP contribution >= 0.6 is 0 Å². The summed E-state index contributed by atoms with van der Waals surface area (Å²) >= 11 is 0. The lowest BCUT2D eigenvalue weighted by atomic mass is 10.1. The molecule has 2 amide bonds. The minimum absolute atomic E-state index is 0.0471. The van der Waals surface area contributed by atoms with Gasteiger partial charge in [0.15, 0.2) is 0 Å². The van der Waals surface area contributed by atoms with Gasteiger partial charge in [0, 0.05) is 12.7 Å². The van der Waals surface area contributed by atoms with Crippen molar-refractivity contribution in [3.63, 3.8) is 0 Å². The number of hydrogen-bond acceptors (Lipinski definition) is 3. The summed E-state index contributed by atoms with van der Waals surface area (Å²) in [6, 6.07) is 12.9. The molecule has 0 unspecified atom stereocenters. The molecule has 0 saturated heterocycles. The van der Waals surface area contributed by atoms with Crippen LogP contribution in [0.25, 0.3) is 0 Å². The quantitative estimate of drug-likeness (QED) is 0.808. The predicted octanol–water partition coefficient (Wildman–Crippen LogP) is 2.76. The molecular formula is C18H18F2N2O3. The van der Waals surface area contributed by atoms with E-state index in [1.165, 1.54) is 12.1 Å². The molecule has 0 fully saturated rings. The lowest BCUT2D eigenvalue weighted by molar-refractivity contribution is -0.120. The van der Waals surface area contributed by atoms with Crippen molar-refractivity contribution < 1.29 is 23.1 Å². The third-order valence-corrected chi connectivity index (χ3v) is 3.39. The van der Waals surface area contributed by atoms with E-state index < -0.39 is 6.61 Å². The van der Waals surface area contributed by atoms with Gasteiger partial charge < -0.3 is 15.4 Å². The largest absolute Gasteiger partial charge is 0.435 e. The van der Waals surface area contributed by atoms with Crippen molar-refractivity contribution in [3.8, 4) is 5.75 Å². The third-order valence-electron chi connectivity index (χ3n) is 3.39. The van der Waals surface area contributed by atoms with Crippen LogP contribution in [-0.4, -0.2) is 25.5 Å². The van der Waals surface area contributed by atoms with Crippen molar-refractivity contribution >= 4 is 17.5 Å². The molecule has 0 bridgehead atoms. The Morgan fingerprint density at radius 3 is 1.96 bits per heavy atom. The van der Waals surface area contributed by atoms with Crippen LogP contribution in [0, 0.1) is 0 Å². The average molecular weight is 348 g/mol. The first kappa shape index (κ1) is 18.4. The van der Waals surface area contributed by atoms with Gasteiger partial charge in [-0.25, -0.2) is 0 Å². The van der Waals surface area contributed by atoms with Gasteiger partial charge in [-0.3, -0.25) is 9.59 Å². The highest BCUT2D eigenvalue weighted by Gasteiger charge is 2.07. The van der Waals surface area contributed by atoms with Gasteiger partial charge in [-0.1, -0.05) is 24.3 Å². The summed E-state index contributed by atoms with van der Waals surface area (Å²) in [7, 11) is 1.57. The molecule has 2 aromatic rings. The summed E-state index contributed by atoms with van der Waals surface area (Å²) in [5, 5.41) is 5.28. The molecule has 0 saturated carbocycles. The highest BCUT2D eigenvalue weighted by molar-refractivity contribution is 5.92. The second kappa shape index (κ2) is 8.77. The molecule has 0 heterocycles. The Morgan fingerprint density at radius 2 is 1.44 bits per heavy atom. The monoisotopic (exact) mass is 348 g/mol. The highest BCUT2D eigenvalue weighted by Crippen LogP contribution is 2.16. The van der Waals surface area contributed by atoms with Crippen molar-refractivity contribution in [3.05, 3.63) is 59.7 Å². The Kier molecular flexibility index (Phi) is 6.45. The first-order chi connectivity index (χ1) is 12.0. The molecule has 0 aliphatic carbocycles. The van der Waals surface area contributed by atoms with E-state index in [2.05, 4.69) is 15.4 Å². The molecule has 0 aliphatic rings. The number of likely N-dealkylation sites (N-methyl/N-ethyl adjacent to an activating group) is 1. The van der Waals surface area contributed by atoms with Crippen molar-refractivity contribution in [2.75, 3.05) is 12.4 Å². The van der Waals surface area contributed by atoms with E-state index in [4.69, 9.17) is 0 Å². The zero-order valence-corrected chi connectivity index (χ0v) is 13.6. The molecule has 0 spiro atoms. The summed E-state index contributed by atoms with van der Waals surface area (Å²) in [5.41, 5.74) is 2.13. The number of carbonyl (C=O) groups excluding carboxylic acids is 2. The van der Waals surface area contributed by atoms with Gasteiger partial charge in [-0.2, -0.15) is 8.78 Å². The summed E-state index contributed by atoms with van der Waals surface area (Å²) in [6.07, 6.45) is 0.382. The molecule has 2 aromatic carbocycles. The van der Waals surface area contributed by atoms with E-state index in [9.17, 15) is 18.4 Å². The first-order valence-corrected chi connectivity index (χ1v) is 7.59. The number of benzene rings is 2. The van der Waals surface area contributed by atoms with E-state index in [1.54, 1.807) is 43.4 Å². The van der Waals surface area contributed by atoms with Crippen molar-refractivity contribution in [1.29, 1.82) is 0 Å². The van der Waals surface area contributed by atoms with Crippen LogP contribution in [0.4, 0.5) is 14.5 Å². The number of nitrogens with one attached hydrogen (secondary N) is 2. The van der Waals surface area contributed by atoms with Crippen LogP contribution < -0.4 is 15.4 Å². The molecule has 25 heavy (non-hydrogen) atoms. The Hall–Kier alpha value is -2.96. The predicted molar refractivity (Wildman–Crippen MR) is 89.6 cm³/mol. The topological polar surface area (TPSA) is 67.4 Å². The molecule has 5 nitrogen and oxygen atoms in total. The van der Waals surface area contributed by atoms with Crippen LogP contribution in [0.2, 0.25) is 0 Å². The normalized spacial score (nSPS) is 10.4. The van der Waals surface area contributed by atoms with Gasteiger partial charge in [0.25, 0.3) is 0 Å². The Balaban J connectivity index is 1.88. The maximum atomic E-state index is 12.1. The lowest BCUT2D eigenvalue weighted by Crippen LogP contribution is -2.20. The van der Waals surface area contributed by atoms with Gasteiger partial charge in [0.05, 0.1) is 12.8 Å². The summed E-state index contributed by atoms with van der Waals surface area (Å²) < 4.78 is 28.4. The van der Waals surface area contributed by atoms with Gasteiger partial charge >= 0.3 is 6.61 Å². The summed E-state index contributed by atoms with van der Waals surface area (Å²) in [4.78, 5) is 23.3. The number of hydrogen-bond donors (Lipinski definition) is 2. The highest BCUT2D eigenvalue weighted by atomic mass is 19.3. The average Bonchev–Trinajstić information content (AvgIpc) is 2.58. The molecule has 0 aromatic heterocycles. The zero-order valence-electron chi connectivity index (χ0n) is 13.6. The zero-order chi connectivity index (χ0) is 18.2. The minimum atomic E-state index is -2.87. The number of ether oxygens (including phenoxy) is 1. The van der Waals surface area contributed by atoms with E-state index >= 15 is 0 Å². The van der Waals surface area contributed by atoms with Crippen LogP contribution in [0.3, 0.4) is 0 Å². The Bertz CT molecular complexity index is 716. The van der Waals surface area contributed by atoms with Crippen LogP contribution in [0.15, 0.2) is 48.5 Å². The maximum Gasteiger partial charge on any atom is 0.387 e. The van der Waals surface area contributed by atoms with E-state index in [1.807, 2.05) is 0 Å². The second-order valence-corrected chi connectivity index (χ2v) is 5.29. The van der Waals surface area contributed by atoms with Gasteiger partial charge in [0.2, 0.25) is 11.8 Å². The molecule has 0 atom stereocenters. The van der Waals surface area contributed by atoms with E-state index in [0.717, 1.165) is 5.56 Å². The molecule has 0 aliphatic heterocycles. The second-order valence-electron chi connectivity index (χ2n) is 5.29. The molecule has 2 N–H and O–H groups in total. The molecular weight excluding hydrogens is 330 g/mol. The van der Waals surface area contributed by atoms with Crippen molar-refractivity contribution in [2.45, 2.75) is 19.5 Å². The molecule has 2 rings (SSSR count). The fraction of sp³-hybridized carbons (Fsp3) is 0.222. The fourth-order valence-electron chi connectivity index (χ4n) is 2.16. The van der Waals surface area contributed by atoms with E-state index in [0.29, 0.717) is 11.3 Å². The number of amides is 2. The summed E-state index contributed by atoms with van der Waals surface area (Å²) in [5.74, 6) is -0.275. The summed E-state index contributed by atoms with van der Waals surface area (Å²) in [6.45, 7) is -2.87. The number of alkyl halides is 2. The van der Waals surface area contributed by atoms with Gasteiger partial charge in [-0.15, -0.1) is 0 Å². The van der Waals surface area contributed by atoms with Crippen LogP contribution in [0.1, 0.15) is 11.1 Å². The van der Waals surface area contributed by atoms with Crippen LogP contribution in [0.5, 0.6) is 5.75 Å². The third kappa shape index (κ3) is 6.21. The fourth-order valence-corrected chi connectivity index (χ4v) is 2.16. The Morgan fingerprint density at radius 1 is 0.920 bits per heavy atom. The number of rotatable bonds is 7. The molecule has 7 heteroatoms. The van der Waals surface area contributed by atoms with Crippen molar-refractivity contribution in [2.24, 2.45) is 0 Å². The number of carbonyl (C=O) groups is 2. The number of anilines is 1.